The number of thiophene rings is 1. The minimum absolute atomic E-state index is 0.218. The number of hydrogen-bond acceptors (Lipinski definition) is 5. The lowest BCUT2D eigenvalue weighted by molar-refractivity contribution is -0.111. The van der Waals surface area contributed by atoms with Crippen LogP contribution in [0, 0.1) is 0 Å². The van der Waals surface area contributed by atoms with Crippen molar-refractivity contribution in [3.05, 3.63) is 53.6 Å². The number of methoxy groups -OCH3 is 1. The van der Waals surface area contributed by atoms with Gasteiger partial charge in [0.25, 0.3) is 0 Å². The summed E-state index contributed by atoms with van der Waals surface area (Å²) in [7, 11) is 1.61. The summed E-state index contributed by atoms with van der Waals surface area (Å²) in [5.41, 5.74) is 3.05. The summed E-state index contributed by atoms with van der Waals surface area (Å²) in [5.74, 6) is 1.21. The minimum Gasteiger partial charge on any atom is -0.494 e. The molecule has 2 aromatic heterocycles. The number of H-pyrrole nitrogens is 1. The number of benzene rings is 1. The van der Waals surface area contributed by atoms with E-state index in [4.69, 9.17) is 4.74 Å². The first-order valence-corrected chi connectivity index (χ1v) is 8.93. The summed E-state index contributed by atoms with van der Waals surface area (Å²) in [4.78, 5) is 25.3. The molecule has 1 aliphatic heterocycles. The second kappa shape index (κ2) is 6.97. The predicted octanol–water partition coefficient (Wildman–Crippen LogP) is 4.15. The van der Waals surface area contributed by atoms with E-state index in [0.29, 0.717) is 17.0 Å². The quantitative estimate of drug-likeness (QED) is 0.668. The first-order chi connectivity index (χ1) is 12.7. The van der Waals surface area contributed by atoms with Gasteiger partial charge in [0.05, 0.1) is 17.7 Å². The Morgan fingerprint density at radius 3 is 3.04 bits per heavy atom. The number of aliphatic imine (C=N–C) groups is 1. The van der Waals surface area contributed by atoms with Crippen LogP contribution in [-0.4, -0.2) is 29.2 Å². The molecule has 0 bridgehead atoms. The molecule has 0 saturated carbocycles. The first-order valence-electron chi connectivity index (χ1n) is 8.05. The Labute approximate surface area is 153 Å². The van der Waals surface area contributed by atoms with Crippen LogP contribution in [0.5, 0.6) is 5.75 Å². The lowest BCUT2D eigenvalue weighted by Crippen LogP contribution is -2.08. The predicted molar refractivity (Wildman–Crippen MR) is 105 cm³/mol. The van der Waals surface area contributed by atoms with E-state index in [9.17, 15) is 4.79 Å². The highest BCUT2D eigenvalue weighted by Gasteiger charge is 2.15. The number of aromatic amines is 1. The van der Waals surface area contributed by atoms with Crippen LogP contribution in [0.2, 0.25) is 0 Å². The highest BCUT2D eigenvalue weighted by atomic mass is 32.1. The lowest BCUT2D eigenvalue weighted by atomic mass is 10.2. The molecule has 0 fully saturated rings. The number of carbonyl (C=O) groups is 1. The van der Waals surface area contributed by atoms with Crippen LogP contribution < -0.4 is 10.1 Å². The van der Waals surface area contributed by atoms with Crippen LogP contribution >= 0.6 is 11.3 Å². The van der Waals surface area contributed by atoms with Gasteiger partial charge in [-0.25, -0.2) is 4.98 Å². The molecule has 1 aromatic carbocycles. The fourth-order valence-corrected chi connectivity index (χ4v) is 3.37. The molecule has 3 aromatic rings. The van der Waals surface area contributed by atoms with Gasteiger partial charge in [-0.1, -0.05) is 12.1 Å². The van der Waals surface area contributed by atoms with Crippen molar-refractivity contribution in [1.82, 2.24) is 9.97 Å². The van der Waals surface area contributed by atoms with Crippen molar-refractivity contribution in [2.24, 2.45) is 4.99 Å². The third-order valence-electron chi connectivity index (χ3n) is 3.96. The smallest absolute Gasteiger partial charge is 0.248 e. The van der Waals surface area contributed by atoms with Gasteiger partial charge in [0.1, 0.15) is 22.6 Å². The van der Waals surface area contributed by atoms with Crippen LogP contribution in [0.15, 0.2) is 58.6 Å². The highest BCUT2D eigenvalue weighted by molar-refractivity contribution is 7.13. The number of amides is 1. The van der Waals surface area contributed by atoms with Crippen molar-refractivity contribution in [3.63, 3.8) is 0 Å². The molecule has 3 heterocycles. The second-order valence-corrected chi connectivity index (χ2v) is 6.61. The SMILES string of the molecule is COc1ccc(NC(=O)/C=C/C2=CN=CC2)c2nc(-c3cccs3)[nH]c12. The molecule has 0 unspecified atom stereocenters. The average Bonchev–Trinajstić information content (AvgIpc) is 3.41. The molecule has 26 heavy (non-hydrogen) atoms. The standard InChI is InChI=1S/C19H16N4O2S/c1-25-14-6-5-13(21-16(24)7-4-12-8-9-20-11-12)17-18(14)23-19(22-17)15-3-2-10-26-15/h2-7,9-11H,8H2,1H3,(H,21,24)(H,22,23)/b7-4+. The van der Waals surface area contributed by atoms with E-state index in [-0.39, 0.29) is 5.91 Å². The van der Waals surface area contributed by atoms with E-state index in [2.05, 4.69) is 20.3 Å². The van der Waals surface area contributed by atoms with E-state index < -0.39 is 0 Å². The van der Waals surface area contributed by atoms with Crippen LogP contribution in [-0.2, 0) is 4.79 Å². The van der Waals surface area contributed by atoms with Gasteiger partial charge in [-0.05, 0) is 29.2 Å². The highest BCUT2D eigenvalue weighted by Crippen LogP contribution is 2.33. The number of ether oxygens (including phenoxy) is 1. The number of aromatic nitrogens is 2. The van der Waals surface area contributed by atoms with E-state index in [1.165, 1.54) is 6.08 Å². The fraction of sp³-hybridized carbons (Fsp3) is 0.105. The van der Waals surface area contributed by atoms with Gasteiger partial charge >= 0.3 is 0 Å². The number of rotatable bonds is 5. The summed E-state index contributed by atoms with van der Waals surface area (Å²) >= 11 is 1.60. The topological polar surface area (TPSA) is 79.4 Å². The summed E-state index contributed by atoms with van der Waals surface area (Å²) in [6.45, 7) is 0. The summed E-state index contributed by atoms with van der Waals surface area (Å²) in [6.07, 6.45) is 7.57. The molecule has 0 spiro atoms. The van der Waals surface area contributed by atoms with E-state index >= 15 is 0 Å². The van der Waals surface area contributed by atoms with Gasteiger partial charge in [-0.2, -0.15) is 0 Å². The van der Waals surface area contributed by atoms with Gasteiger partial charge < -0.3 is 15.0 Å². The summed E-state index contributed by atoms with van der Waals surface area (Å²) in [5, 5.41) is 4.89. The molecule has 7 heteroatoms. The number of nitrogens with one attached hydrogen (secondary N) is 2. The van der Waals surface area contributed by atoms with Crippen molar-refractivity contribution in [2.45, 2.75) is 6.42 Å². The van der Waals surface area contributed by atoms with Crippen molar-refractivity contribution in [3.8, 4) is 16.5 Å². The summed E-state index contributed by atoms with van der Waals surface area (Å²) < 4.78 is 5.42. The Balaban J connectivity index is 1.65. The number of imidazole rings is 1. The number of carbonyl (C=O) groups excluding carboxylic acids is 1. The van der Waals surface area contributed by atoms with Gasteiger partial charge in [0, 0.05) is 24.9 Å². The van der Waals surface area contributed by atoms with E-state index in [0.717, 1.165) is 28.2 Å². The first kappa shape index (κ1) is 16.3. The maximum absolute atomic E-state index is 12.3. The van der Waals surface area contributed by atoms with Gasteiger partial charge in [0.2, 0.25) is 5.91 Å². The molecule has 0 radical (unpaired) electrons. The molecule has 6 nitrogen and oxygen atoms in total. The molecule has 4 rings (SSSR count). The van der Waals surface area contributed by atoms with E-state index in [1.54, 1.807) is 43.0 Å². The monoisotopic (exact) mass is 364 g/mol. The number of nitrogens with zero attached hydrogens (tertiary/aromatic N) is 2. The van der Waals surface area contributed by atoms with Crippen molar-refractivity contribution in [2.75, 3.05) is 12.4 Å². The Hall–Kier alpha value is -3.19. The Morgan fingerprint density at radius 1 is 1.38 bits per heavy atom. The van der Waals surface area contributed by atoms with Crippen LogP contribution in [0.4, 0.5) is 5.69 Å². The zero-order valence-electron chi connectivity index (χ0n) is 14.0. The molecule has 1 amide bonds. The largest absolute Gasteiger partial charge is 0.494 e. The van der Waals surface area contributed by atoms with Crippen molar-refractivity contribution in [1.29, 1.82) is 0 Å². The molecule has 0 atom stereocenters. The Morgan fingerprint density at radius 2 is 2.31 bits per heavy atom. The zero-order chi connectivity index (χ0) is 17.9. The summed E-state index contributed by atoms with van der Waals surface area (Å²) in [6, 6.07) is 7.57. The molecule has 0 saturated heterocycles. The lowest BCUT2D eigenvalue weighted by Gasteiger charge is -2.06. The number of hydrogen-bond donors (Lipinski definition) is 2. The van der Waals surface area contributed by atoms with Crippen molar-refractivity contribution < 1.29 is 9.53 Å². The van der Waals surface area contributed by atoms with Gasteiger partial charge in [0.15, 0.2) is 0 Å². The molecule has 2 N–H and O–H groups in total. The average molecular weight is 364 g/mol. The number of anilines is 1. The van der Waals surface area contributed by atoms with Gasteiger partial charge in [-0.3, -0.25) is 9.79 Å². The van der Waals surface area contributed by atoms with E-state index in [1.807, 2.05) is 23.6 Å². The molecular weight excluding hydrogens is 348 g/mol. The third kappa shape index (κ3) is 3.16. The maximum Gasteiger partial charge on any atom is 0.248 e. The number of allylic oxidation sites excluding steroid dienone is 2. The fourth-order valence-electron chi connectivity index (χ4n) is 2.70. The Kier molecular flexibility index (Phi) is 4.37. The molecule has 1 aliphatic rings. The van der Waals surface area contributed by atoms with Gasteiger partial charge in [-0.15, -0.1) is 11.3 Å². The van der Waals surface area contributed by atoms with Crippen LogP contribution in [0.1, 0.15) is 6.42 Å². The second-order valence-electron chi connectivity index (χ2n) is 5.66. The maximum atomic E-state index is 12.3. The van der Waals surface area contributed by atoms with Crippen LogP contribution in [0.3, 0.4) is 0 Å². The van der Waals surface area contributed by atoms with Crippen molar-refractivity contribution >= 4 is 40.2 Å². The minimum atomic E-state index is -0.218. The van der Waals surface area contributed by atoms with Crippen LogP contribution in [0.25, 0.3) is 21.7 Å². The number of fused-ring (bicyclic) bond motifs is 1. The normalized spacial score (nSPS) is 13.5. The zero-order valence-corrected chi connectivity index (χ0v) is 14.8. The Bertz CT molecular complexity index is 1050. The molecule has 0 aliphatic carbocycles. The molecular formula is C19H16N4O2S. The molecule has 130 valence electrons. The third-order valence-corrected chi connectivity index (χ3v) is 4.84.